The Morgan fingerprint density at radius 1 is 1.29 bits per heavy atom. The van der Waals surface area contributed by atoms with Gasteiger partial charge in [-0.05, 0) is 31.6 Å². The molecule has 3 atom stereocenters. The molecule has 130 valence electrons. The van der Waals surface area contributed by atoms with E-state index in [-0.39, 0.29) is 18.6 Å². The first-order chi connectivity index (χ1) is 11.6. The summed E-state index contributed by atoms with van der Waals surface area (Å²) in [5, 5.41) is 19.3. The average Bonchev–Trinajstić information content (AvgIpc) is 3.28. The number of hydrogen-bond acceptors (Lipinski definition) is 6. The number of carbonyl (C=O) groups is 1. The monoisotopic (exact) mass is 332 g/mol. The number of nitrogens with zero attached hydrogens (tertiary/aromatic N) is 4. The van der Waals surface area contributed by atoms with Crippen LogP contribution in [0.2, 0.25) is 0 Å². The fraction of sp³-hybridized carbons (Fsp3) is 0.706. The molecule has 0 radical (unpaired) electrons. The van der Waals surface area contributed by atoms with Crippen LogP contribution in [-0.4, -0.2) is 58.4 Å². The van der Waals surface area contributed by atoms with E-state index in [1.165, 1.54) is 0 Å². The van der Waals surface area contributed by atoms with E-state index in [4.69, 9.17) is 0 Å². The van der Waals surface area contributed by atoms with Crippen molar-refractivity contribution >= 4 is 17.6 Å². The van der Waals surface area contributed by atoms with Gasteiger partial charge in [-0.25, -0.2) is 9.97 Å². The van der Waals surface area contributed by atoms with Crippen LogP contribution in [0, 0.1) is 11.3 Å². The van der Waals surface area contributed by atoms with Crippen molar-refractivity contribution in [2.45, 2.75) is 38.1 Å². The Labute approximate surface area is 141 Å². The first-order valence-corrected chi connectivity index (χ1v) is 8.82. The summed E-state index contributed by atoms with van der Waals surface area (Å²) < 4.78 is 0. The second-order valence-electron chi connectivity index (χ2n) is 7.34. The molecule has 1 aromatic heterocycles. The Morgan fingerprint density at radius 2 is 2.12 bits per heavy atom. The Bertz CT molecular complexity index is 640. The Kier molecular flexibility index (Phi) is 3.83. The largest absolute Gasteiger partial charge is 0.481 e. The van der Waals surface area contributed by atoms with Crippen LogP contribution in [0.25, 0.3) is 0 Å². The molecule has 2 saturated heterocycles. The predicted molar refractivity (Wildman–Crippen MR) is 89.1 cm³/mol. The molecule has 1 aromatic rings. The van der Waals surface area contributed by atoms with E-state index in [0.29, 0.717) is 6.54 Å². The van der Waals surface area contributed by atoms with Gasteiger partial charge in [0.25, 0.3) is 0 Å². The topological polar surface area (TPSA) is 89.8 Å². The molecule has 3 aliphatic rings. The number of anilines is 2. The zero-order valence-electron chi connectivity index (χ0n) is 13.8. The van der Waals surface area contributed by atoms with Crippen LogP contribution < -0.4 is 9.80 Å². The van der Waals surface area contributed by atoms with Crippen molar-refractivity contribution in [2.75, 3.05) is 36.0 Å². The summed E-state index contributed by atoms with van der Waals surface area (Å²) >= 11 is 0. The van der Waals surface area contributed by atoms with Crippen molar-refractivity contribution in [2.24, 2.45) is 11.3 Å². The minimum atomic E-state index is -0.665. The fourth-order valence-corrected chi connectivity index (χ4v) is 4.81. The van der Waals surface area contributed by atoms with Crippen LogP contribution in [0.1, 0.15) is 32.1 Å². The zero-order valence-corrected chi connectivity index (χ0v) is 13.8. The standard InChI is InChI=1S/C17H24N4O3/c22-9-13-4-2-6-21(13)15-7-14(18-11-19-15)20-8-12-3-1-5-17(12,10-20)16(23)24/h7,11-13,22H,1-6,8-10H2,(H,23,24)/t12-,13?,17+/m0/s1. The lowest BCUT2D eigenvalue weighted by Gasteiger charge is -2.26. The van der Waals surface area contributed by atoms with Crippen molar-refractivity contribution in [1.29, 1.82) is 0 Å². The summed E-state index contributed by atoms with van der Waals surface area (Å²) in [4.78, 5) is 24.9. The lowest BCUT2D eigenvalue weighted by Crippen LogP contribution is -2.36. The predicted octanol–water partition coefficient (Wildman–Crippen LogP) is 1.13. The van der Waals surface area contributed by atoms with Gasteiger partial charge in [-0.15, -0.1) is 0 Å². The van der Waals surface area contributed by atoms with Gasteiger partial charge in [-0.1, -0.05) is 6.42 Å². The second-order valence-corrected chi connectivity index (χ2v) is 7.34. The van der Waals surface area contributed by atoms with Gasteiger partial charge in [0.15, 0.2) is 0 Å². The molecular formula is C17H24N4O3. The minimum Gasteiger partial charge on any atom is -0.481 e. The Hall–Kier alpha value is -1.89. The third kappa shape index (κ3) is 2.33. The van der Waals surface area contributed by atoms with E-state index in [2.05, 4.69) is 19.8 Å². The molecule has 3 fully saturated rings. The first kappa shape index (κ1) is 15.6. The summed E-state index contributed by atoms with van der Waals surface area (Å²) in [7, 11) is 0. The van der Waals surface area contributed by atoms with E-state index in [0.717, 1.165) is 56.8 Å². The number of carboxylic acids is 1. The van der Waals surface area contributed by atoms with Gasteiger partial charge < -0.3 is 20.0 Å². The van der Waals surface area contributed by atoms with Crippen LogP contribution in [0.3, 0.4) is 0 Å². The van der Waals surface area contributed by atoms with Gasteiger partial charge in [-0.3, -0.25) is 4.79 Å². The second kappa shape index (κ2) is 5.88. The van der Waals surface area contributed by atoms with Crippen molar-refractivity contribution in [3.8, 4) is 0 Å². The first-order valence-electron chi connectivity index (χ1n) is 8.82. The average molecular weight is 332 g/mol. The highest BCUT2D eigenvalue weighted by Gasteiger charge is 2.55. The number of carboxylic acid groups (broad SMARTS) is 1. The minimum absolute atomic E-state index is 0.121. The van der Waals surface area contributed by atoms with Crippen LogP contribution in [-0.2, 0) is 4.79 Å². The van der Waals surface area contributed by atoms with Gasteiger partial charge >= 0.3 is 5.97 Å². The zero-order chi connectivity index (χ0) is 16.7. The van der Waals surface area contributed by atoms with Crippen molar-refractivity contribution in [3.05, 3.63) is 12.4 Å². The quantitative estimate of drug-likeness (QED) is 0.854. The van der Waals surface area contributed by atoms with E-state index in [9.17, 15) is 15.0 Å². The van der Waals surface area contributed by atoms with E-state index >= 15 is 0 Å². The molecule has 7 heteroatoms. The molecule has 0 spiro atoms. The SMILES string of the molecule is O=C(O)[C@@]12CCC[C@H]1CN(c1cc(N3CCCC3CO)ncn1)C2. The Morgan fingerprint density at radius 3 is 2.88 bits per heavy atom. The van der Waals surface area contributed by atoms with Crippen LogP contribution in [0.5, 0.6) is 0 Å². The molecule has 0 aromatic carbocycles. The number of aliphatic hydroxyl groups excluding tert-OH is 1. The highest BCUT2D eigenvalue weighted by Crippen LogP contribution is 2.49. The van der Waals surface area contributed by atoms with Crippen LogP contribution >= 0.6 is 0 Å². The molecule has 2 N–H and O–H groups in total. The third-order valence-corrected chi connectivity index (χ3v) is 6.14. The van der Waals surface area contributed by atoms with Crippen molar-refractivity contribution in [1.82, 2.24) is 9.97 Å². The van der Waals surface area contributed by atoms with Gasteiger partial charge in [0.05, 0.1) is 18.1 Å². The number of aliphatic hydroxyl groups is 1. The van der Waals surface area contributed by atoms with E-state index in [1.807, 2.05) is 6.07 Å². The smallest absolute Gasteiger partial charge is 0.311 e. The highest BCUT2D eigenvalue weighted by atomic mass is 16.4. The lowest BCUT2D eigenvalue weighted by atomic mass is 9.81. The maximum absolute atomic E-state index is 11.8. The molecule has 4 rings (SSSR count). The normalized spacial score (nSPS) is 32.4. The van der Waals surface area contributed by atoms with Crippen molar-refractivity contribution < 1.29 is 15.0 Å². The molecule has 1 saturated carbocycles. The fourth-order valence-electron chi connectivity index (χ4n) is 4.81. The molecule has 1 unspecified atom stereocenters. The number of hydrogen-bond donors (Lipinski definition) is 2. The molecule has 0 bridgehead atoms. The maximum atomic E-state index is 11.8. The molecule has 7 nitrogen and oxygen atoms in total. The summed E-state index contributed by atoms with van der Waals surface area (Å²) in [6.07, 6.45) is 6.34. The van der Waals surface area contributed by atoms with Crippen LogP contribution in [0.4, 0.5) is 11.6 Å². The van der Waals surface area contributed by atoms with Gasteiger partial charge in [0, 0.05) is 25.7 Å². The third-order valence-electron chi connectivity index (χ3n) is 6.14. The lowest BCUT2D eigenvalue weighted by molar-refractivity contribution is -0.149. The maximum Gasteiger partial charge on any atom is 0.311 e. The van der Waals surface area contributed by atoms with E-state index < -0.39 is 11.4 Å². The molecular weight excluding hydrogens is 308 g/mol. The number of aromatic nitrogens is 2. The number of fused-ring (bicyclic) bond motifs is 1. The number of aliphatic carboxylic acids is 1. The highest BCUT2D eigenvalue weighted by molar-refractivity contribution is 5.78. The van der Waals surface area contributed by atoms with Gasteiger partial charge in [-0.2, -0.15) is 0 Å². The van der Waals surface area contributed by atoms with Gasteiger partial charge in [0.2, 0.25) is 0 Å². The molecule has 1 aliphatic carbocycles. The number of rotatable bonds is 4. The summed E-state index contributed by atoms with van der Waals surface area (Å²) in [6, 6.07) is 2.07. The van der Waals surface area contributed by atoms with Crippen molar-refractivity contribution in [3.63, 3.8) is 0 Å². The summed E-state index contributed by atoms with van der Waals surface area (Å²) in [5.41, 5.74) is -0.605. The van der Waals surface area contributed by atoms with Gasteiger partial charge in [0.1, 0.15) is 18.0 Å². The molecule has 2 aliphatic heterocycles. The molecule has 3 heterocycles. The summed E-state index contributed by atoms with van der Waals surface area (Å²) in [6.45, 7) is 2.32. The summed E-state index contributed by atoms with van der Waals surface area (Å²) in [5.74, 6) is 1.18. The Balaban J connectivity index is 1.58. The van der Waals surface area contributed by atoms with E-state index in [1.54, 1.807) is 6.33 Å². The molecule has 0 amide bonds. The molecule has 24 heavy (non-hydrogen) atoms. The van der Waals surface area contributed by atoms with Crippen LogP contribution in [0.15, 0.2) is 12.4 Å².